The maximum absolute atomic E-state index is 12.5. The molecule has 0 fully saturated rings. The van der Waals surface area contributed by atoms with Crippen molar-refractivity contribution in [2.24, 2.45) is 0 Å². The monoisotopic (exact) mass is 1140 g/mol. The summed E-state index contributed by atoms with van der Waals surface area (Å²) in [5.41, 5.74) is 0. The van der Waals surface area contributed by atoms with Crippen LogP contribution >= 0.6 is 0 Å². The summed E-state index contributed by atoms with van der Waals surface area (Å²) < 4.78 is 0. The maximum atomic E-state index is 12.5. The maximum Gasteiger partial charge on any atom is 0.220 e. The van der Waals surface area contributed by atoms with E-state index in [0.29, 0.717) is 6.42 Å². The van der Waals surface area contributed by atoms with Gasteiger partial charge in [-0.15, -0.1) is 0 Å². The van der Waals surface area contributed by atoms with Crippen LogP contribution in [-0.4, -0.2) is 34.9 Å². The zero-order valence-corrected chi connectivity index (χ0v) is 54.4. The van der Waals surface area contributed by atoms with E-state index in [-0.39, 0.29) is 12.5 Å². The van der Waals surface area contributed by atoms with Crippen LogP contribution in [0.15, 0.2) is 158 Å². The molecule has 4 nitrogen and oxygen atoms in total. The van der Waals surface area contributed by atoms with Crippen molar-refractivity contribution >= 4 is 5.91 Å². The molecular weight excluding hydrogens is 1010 g/mol. The third-order valence-corrected chi connectivity index (χ3v) is 15.2. The highest BCUT2D eigenvalue weighted by Gasteiger charge is 2.18. The lowest BCUT2D eigenvalue weighted by Crippen LogP contribution is -2.45. The molecule has 83 heavy (non-hydrogen) atoms. The highest BCUT2D eigenvalue weighted by atomic mass is 16.3. The van der Waals surface area contributed by atoms with Crippen LogP contribution in [0, 0.1) is 0 Å². The summed E-state index contributed by atoms with van der Waals surface area (Å²) in [5, 5.41) is 23.2. The van der Waals surface area contributed by atoms with Crippen LogP contribution in [0.25, 0.3) is 0 Å². The zero-order chi connectivity index (χ0) is 59.8. The van der Waals surface area contributed by atoms with E-state index < -0.39 is 12.1 Å². The molecule has 0 rings (SSSR count). The summed E-state index contributed by atoms with van der Waals surface area (Å²) >= 11 is 0. The van der Waals surface area contributed by atoms with Crippen LogP contribution in [0.3, 0.4) is 0 Å². The summed E-state index contributed by atoms with van der Waals surface area (Å²) in [7, 11) is 0. The second-order valence-corrected chi connectivity index (χ2v) is 23.2. The lowest BCUT2D eigenvalue weighted by Gasteiger charge is -2.19. The molecular formula is C79H133NO3. The Labute approximate surface area is 516 Å². The molecule has 0 spiro atoms. The van der Waals surface area contributed by atoms with E-state index in [1.54, 1.807) is 6.08 Å². The number of unbranched alkanes of at least 4 members (excludes halogenated alkanes) is 32. The van der Waals surface area contributed by atoms with Gasteiger partial charge < -0.3 is 15.5 Å². The molecule has 0 aromatic rings. The molecule has 4 heteroatoms. The summed E-state index contributed by atoms with van der Waals surface area (Å²) in [6, 6.07) is -0.664. The number of carbonyl (C=O) groups is 1. The van der Waals surface area contributed by atoms with Gasteiger partial charge in [0.15, 0.2) is 0 Å². The van der Waals surface area contributed by atoms with Crippen molar-refractivity contribution in [1.29, 1.82) is 0 Å². The van der Waals surface area contributed by atoms with Crippen LogP contribution in [0.4, 0.5) is 0 Å². The zero-order valence-electron chi connectivity index (χ0n) is 54.4. The smallest absolute Gasteiger partial charge is 0.220 e. The van der Waals surface area contributed by atoms with E-state index in [9.17, 15) is 15.0 Å². The van der Waals surface area contributed by atoms with Gasteiger partial charge in [0.2, 0.25) is 5.91 Å². The molecule has 2 atom stereocenters. The molecule has 0 aliphatic carbocycles. The van der Waals surface area contributed by atoms with Crippen LogP contribution in [0.2, 0.25) is 0 Å². The van der Waals surface area contributed by atoms with Crippen LogP contribution < -0.4 is 5.32 Å². The number of aliphatic hydroxyl groups excluding tert-OH is 2. The van der Waals surface area contributed by atoms with Gasteiger partial charge in [-0.05, 0) is 116 Å². The first-order valence-electron chi connectivity index (χ1n) is 35.2. The van der Waals surface area contributed by atoms with E-state index in [1.165, 1.54) is 180 Å². The summed E-state index contributed by atoms with van der Waals surface area (Å²) in [5.74, 6) is -0.0962. The predicted molar refractivity (Wildman–Crippen MR) is 372 cm³/mol. The fourth-order valence-electron chi connectivity index (χ4n) is 9.97. The Balaban J connectivity index is 3.63. The predicted octanol–water partition coefficient (Wildman–Crippen LogP) is 24.4. The van der Waals surface area contributed by atoms with Crippen molar-refractivity contribution in [2.45, 2.75) is 328 Å². The molecule has 2 unspecified atom stereocenters. The van der Waals surface area contributed by atoms with Crippen molar-refractivity contribution in [3.05, 3.63) is 158 Å². The molecule has 0 heterocycles. The Bertz CT molecular complexity index is 1730. The van der Waals surface area contributed by atoms with Gasteiger partial charge in [0.1, 0.15) is 0 Å². The highest BCUT2D eigenvalue weighted by Crippen LogP contribution is 2.17. The number of hydrogen-bond donors (Lipinski definition) is 3. The van der Waals surface area contributed by atoms with Gasteiger partial charge in [-0.2, -0.15) is 0 Å². The van der Waals surface area contributed by atoms with Crippen molar-refractivity contribution < 1.29 is 15.0 Å². The van der Waals surface area contributed by atoms with E-state index in [1.807, 2.05) is 6.08 Å². The molecule has 0 saturated heterocycles. The van der Waals surface area contributed by atoms with E-state index in [4.69, 9.17) is 0 Å². The number of allylic oxidation sites excluding steroid dienone is 25. The number of nitrogens with one attached hydrogen (secondary N) is 1. The molecule has 0 saturated carbocycles. The normalized spacial score (nSPS) is 13.7. The van der Waals surface area contributed by atoms with Crippen molar-refractivity contribution in [3.8, 4) is 0 Å². The Morgan fingerprint density at radius 2 is 0.542 bits per heavy atom. The van der Waals surface area contributed by atoms with Crippen molar-refractivity contribution in [1.82, 2.24) is 5.32 Å². The van der Waals surface area contributed by atoms with Gasteiger partial charge in [-0.3, -0.25) is 4.79 Å². The Morgan fingerprint density at radius 3 is 0.843 bits per heavy atom. The molecule has 0 aliphatic rings. The van der Waals surface area contributed by atoms with Gasteiger partial charge >= 0.3 is 0 Å². The topological polar surface area (TPSA) is 69.6 Å². The summed E-state index contributed by atoms with van der Waals surface area (Å²) in [6.45, 7) is 4.19. The minimum Gasteiger partial charge on any atom is -0.394 e. The second kappa shape index (κ2) is 72.3. The summed E-state index contributed by atoms with van der Waals surface area (Å²) in [6.07, 6.45) is 115. The lowest BCUT2D eigenvalue weighted by atomic mass is 10.0. The average Bonchev–Trinajstić information content (AvgIpc) is 3.51. The SMILES string of the molecule is CC/C=C\C/C=C\C/C=C\C/C=C\C/C=C\C/C=C\C/C=C\C/C=C\C/C=C\C/C=C\C/C=C\CCCCCCCC(=O)NC(CO)C(O)/C=C/CC/C=C/CCCCCCCCCCCCCCCCCCCCCCCCCCCC. The van der Waals surface area contributed by atoms with Crippen LogP contribution in [0.1, 0.15) is 316 Å². The first kappa shape index (κ1) is 79.0. The van der Waals surface area contributed by atoms with Gasteiger partial charge in [0.05, 0.1) is 18.8 Å². The van der Waals surface area contributed by atoms with Gasteiger partial charge in [-0.1, -0.05) is 352 Å². The Morgan fingerprint density at radius 1 is 0.301 bits per heavy atom. The largest absolute Gasteiger partial charge is 0.394 e. The third-order valence-electron chi connectivity index (χ3n) is 15.2. The fraction of sp³-hybridized carbons (Fsp3) is 0.658. The van der Waals surface area contributed by atoms with Crippen molar-refractivity contribution in [2.75, 3.05) is 6.61 Å². The Kier molecular flexibility index (Phi) is 68.8. The van der Waals surface area contributed by atoms with Gasteiger partial charge in [0.25, 0.3) is 0 Å². The first-order valence-corrected chi connectivity index (χ1v) is 35.2. The number of aliphatic hydroxyl groups is 2. The molecule has 472 valence electrons. The molecule has 0 bridgehead atoms. The Hall–Kier alpha value is -3.99. The minimum atomic E-state index is -0.885. The summed E-state index contributed by atoms with van der Waals surface area (Å²) in [4.78, 5) is 12.5. The van der Waals surface area contributed by atoms with E-state index in [0.717, 1.165) is 116 Å². The standard InChI is InChI=1S/C79H133NO3/c1-3-5-7-9-11-13-15-17-19-21-23-25-27-29-31-33-35-37-38-39-40-41-42-43-45-47-49-51-53-55-57-59-61-63-65-67-69-71-73-75-79(83)80-77(76-81)78(82)74-72-70-68-66-64-62-60-58-56-54-52-50-48-46-44-36-34-32-30-28-26-24-22-20-18-16-14-12-10-8-6-4-2/h5,7,11,13,17,19,23,25,29,31,35,37,39-40,42-43,47,49,53,55,59,61,64,66,72,74,77-78,81-82H,3-4,6,8-10,12,14-16,18,20-22,24,26-28,30,32-34,36,38,41,44-46,48,50-52,54,56-58,60,62-63,65,67-71,73,75-76H2,1-2H3,(H,80,83)/b7-5-,13-11-,19-17-,25-23-,31-29-,37-35-,40-39-,43-42-,49-47-,55-53-,61-59-,66-64+,74-72+. The molecule has 0 aliphatic heterocycles. The first-order chi connectivity index (χ1) is 41.2. The number of hydrogen-bond acceptors (Lipinski definition) is 3. The van der Waals surface area contributed by atoms with Crippen LogP contribution in [-0.2, 0) is 4.79 Å². The average molecular weight is 1140 g/mol. The lowest BCUT2D eigenvalue weighted by molar-refractivity contribution is -0.123. The van der Waals surface area contributed by atoms with Crippen molar-refractivity contribution in [3.63, 3.8) is 0 Å². The molecule has 1 amide bonds. The van der Waals surface area contributed by atoms with Gasteiger partial charge in [0, 0.05) is 6.42 Å². The van der Waals surface area contributed by atoms with E-state index >= 15 is 0 Å². The third kappa shape index (κ3) is 68.7. The van der Waals surface area contributed by atoms with Crippen LogP contribution in [0.5, 0.6) is 0 Å². The molecule has 0 aromatic carbocycles. The second-order valence-electron chi connectivity index (χ2n) is 23.2. The fourth-order valence-corrected chi connectivity index (χ4v) is 9.97. The van der Waals surface area contributed by atoms with E-state index in [2.05, 4.69) is 165 Å². The molecule has 0 radical (unpaired) electrons. The highest BCUT2D eigenvalue weighted by molar-refractivity contribution is 5.76. The number of carbonyl (C=O) groups excluding carboxylic acids is 1. The molecule has 0 aromatic heterocycles. The quantitative estimate of drug-likeness (QED) is 0.0420. The number of amides is 1. The van der Waals surface area contributed by atoms with Gasteiger partial charge in [-0.25, -0.2) is 0 Å². The minimum absolute atomic E-state index is 0.0962. The number of rotatable bonds is 63. The molecule has 3 N–H and O–H groups in total.